The number of anilines is 2. The van der Waals surface area contributed by atoms with E-state index in [9.17, 15) is 4.79 Å². The van der Waals surface area contributed by atoms with Gasteiger partial charge in [0.1, 0.15) is 0 Å². The van der Waals surface area contributed by atoms with Gasteiger partial charge in [0.05, 0.1) is 0 Å². The lowest BCUT2D eigenvalue weighted by molar-refractivity contribution is -0.118. The number of hydrogen-bond acceptors (Lipinski definition) is 2. The van der Waals surface area contributed by atoms with Crippen LogP contribution in [0.1, 0.15) is 23.1 Å². The zero-order valence-corrected chi connectivity index (χ0v) is 12.9. The number of carbonyl (C=O) groups is 1. The highest BCUT2D eigenvalue weighted by atomic mass is 16.2. The molecular weight excluding hydrogens is 260 g/mol. The van der Waals surface area contributed by atoms with Gasteiger partial charge in [0.25, 0.3) is 0 Å². The van der Waals surface area contributed by atoms with Crippen molar-refractivity contribution in [2.24, 2.45) is 0 Å². The summed E-state index contributed by atoms with van der Waals surface area (Å²) in [6, 6.07) is 13.8. The van der Waals surface area contributed by atoms with Gasteiger partial charge < -0.3 is 10.6 Å². The largest absolute Gasteiger partial charge is 0.399 e. The van der Waals surface area contributed by atoms with Crippen LogP contribution < -0.4 is 10.6 Å². The summed E-state index contributed by atoms with van der Waals surface area (Å²) in [5.41, 5.74) is 10.8. The van der Waals surface area contributed by atoms with Gasteiger partial charge in [-0.1, -0.05) is 29.8 Å². The van der Waals surface area contributed by atoms with Crippen LogP contribution >= 0.6 is 0 Å². The van der Waals surface area contributed by atoms with Crippen molar-refractivity contribution < 1.29 is 4.79 Å². The van der Waals surface area contributed by atoms with Crippen molar-refractivity contribution in [2.75, 3.05) is 17.7 Å². The molecule has 2 aromatic rings. The Bertz CT molecular complexity index is 632. The van der Waals surface area contributed by atoms with E-state index in [-0.39, 0.29) is 5.91 Å². The van der Waals surface area contributed by atoms with E-state index >= 15 is 0 Å². The van der Waals surface area contributed by atoms with Gasteiger partial charge in [-0.25, -0.2) is 0 Å². The number of hydrogen-bond donors (Lipinski definition) is 1. The third-order valence-corrected chi connectivity index (χ3v) is 3.70. The molecule has 0 heterocycles. The quantitative estimate of drug-likeness (QED) is 0.873. The Morgan fingerprint density at radius 2 is 1.76 bits per heavy atom. The zero-order valence-electron chi connectivity index (χ0n) is 12.9. The summed E-state index contributed by atoms with van der Waals surface area (Å²) in [6.07, 6.45) is 1.22. The van der Waals surface area contributed by atoms with Crippen LogP contribution in [0.3, 0.4) is 0 Å². The number of nitrogen functional groups attached to an aromatic ring is 1. The molecule has 0 aliphatic carbocycles. The van der Waals surface area contributed by atoms with Crippen molar-refractivity contribution in [1.29, 1.82) is 0 Å². The van der Waals surface area contributed by atoms with Crippen LogP contribution in [0.2, 0.25) is 0 Å². The maximum atomic E-state index is 12.3. The second kappa shape index (κ2) is 6.44. The molecular formula is C18H22N2O. The molecule has 2 N–H and O–H groups in total. The Morgan fingerprint density at radius 3 is 2.38 bits per heavy atom. The molecule has 2 rings (SSSR count). The lowest BCUT2D eigenvalue weighted by Gasteiger charge is -2.20. The van der Waals surface area contributed by atoms with E-state index in [0.717, 1.165) is 28.9 Å². The lowest BCUT2D eigenvalue weighted by Crippen LogP contribution is -2.27. The van der Waals surface area contributed by atoms with Crippen molar-refractivity contribution >= 4 is 17.3 Å². The van der Waals surface area contributed by atoms with Gasteiger partial charge in [0, 0.05) is 24.8 Å². The molecule has 0 aliphatic rings. The Kier molecular flexibility index (Phi) is 4.63. The summed E-state index contributed by atoms with van der Waals surface area (Å²) in [4.78, 5) is 14.1. The molecule has 0 saturated heterocycles. The second-order valence-electron chi connectivity index (χ2n) is 5.48. The Labute approximate surface area is 126 Å². The summed E-state index contributed by atoms with van der Waals surface area (Å²) in [5.74, 6) is 0.124. The van der Waals surface area contributed by atoms with Crippen molar-refractivity contribution in [3.8, 4) is 0 Å². The predicted molar refractivity (Wildman–Crippen MR) is 88.5 cm³/mol. The number of carbonyl (C=O) groups excluding carboxylic acids is 1. The molecule has 0 saturated carbocycles. The molecule has 3 nitrogen and oxygen atoms in total. The molecule has 2 aromatic carbocycles. The fourth-order valence-corrected chi connectivity index (χ4v) is 2.42. The van der Waals surface area contributed by atoms with E-state index < -0.39 is 0 Å². The number of nitrogens with two attached hydrogens (primary N) is 1. The molecule has 0 aliphatic heterocycles. The normalized spacial score (nSPS) is 10.4. The van der Waals surface area contributed by atoms with Gasteiger partial charge in [-0.3, -0.25) is 4.79 Å². The van der Waals surface area contributed by atoms with Crippen LogP contribution in [-0.4, -0.2) is 13.0 Å². The van der Waals surface area contributed by atoms with Gasteiger partial charge in [0.2, 0.25) is 5.91 Å². The minimum Gasteiger partial charge on any atom is -0.399 e. The molecule has 21 heavy (non-hydrogen) atoms. The molecule has 0 spiro atoms. The molecule has 0 atom stereocenters. The minimum atomic E-state index is 0.124. The van der Waals surface area contributed by atoms with Crippen LogP contribution in [-0.2, 0) is 11.2 Å². The highest BCUT2D eigenvalue weighted by Gasteiger charge is 2.12. The third kappa shape index (κ3) is 3.85. The zero-order chi connectivity index (χ0) is 15.4. The van der Waals surface area contributed by atoms with Crippen LogP contribution in [0.4, 0.5) is 11.4 Å². The van der Waals surface area contributed by atoms with Gasteiger partial charge in [-0.05, 0) is 49.6 Å². The van der Waals surface area contributed by atoms with E-state index in [1.807, 2.05) is 50.4 Å². The smallest absolute Gasteiger partial charge is 0.227 e. The van der Waals surface area contributed by atoms with Crippen molar-refractivity contribution in [3.05, 3.63) is 59.2 Å². The topological polar surface area (TPSA) is 46.3 Å². The fourth-order valence-electron chi connectivity index (χ4n) is 2.42. The number of rotatable bonds is 4. The van der Waals surface area contributed by atoms with Gasteiger partial charge in [-0.15, -0.1) is 0 Å². The maximum absolute atomic E-state index is 12.3. The van der Waals surface area contributed by atoms with Crippen LogP contribution in [0, 0.1) is 13.8 Å². The number of nitrogens with zero attached hydrogens (tertiary/aromatic N) is 1. The van der Waals surface area contributed by atoms with E-state index in [0.29, 0.717) is 6.42 Å². The third-order valence-electron chi connectivity index (χ3n) is 3.70. The summed E-state index contributed by atoms with van der Waals surface area (Å²) in [5, 5.41) is 0. The van der Waals surface area contributed by atoms with E-state index in [1.165, 1.54) is 5.56 Å². The number of amides is 1. The first-order valence-electron chi connectivity index (χ1n) is 7.15. The minimum absolute atomic E-state index is 0.124. The Balaban J connectivity index is 2.00. The summed E-state index contributed by atoms with van der Waals surface area (Å²) < 4.78 is 0. The van der Waals surface area contributed by atoms with E-state index in [2.05, 4.69) is 13.0 Å². The molecule has 0 aromatic heterocycles. The Hall–Kier alpha value is -2.29. The van der Waals surface area contributed by atoms with Crippen LogP contribution in [0.15, 0.2) is 42.5 Å². The first-order valence-corrected chi connectivity index (χ1v) is 7.15. The number of benzene rings is 2. The summed E-state index contributed by atoms with van der Waals surface area (Å²) in [7, 11) is 1.84. The molecule has 1 amide bonds. The van der Waals surface area contributed by atoms with Crippen molar-refractivity contribution in [2.45, 2.75) is 26.7 Å². The molecule has 0 radical (unpaired) electrons. The molecule has 3 heteroatoms. The van der Waals surface area contributed by atoms with Gasteiger partial charge in [-0.2, -0.15) is 0 Å². The van der Waals surface area contributed by atoms with E-state index in [1.54, 1.807) is 4.90 Å². The maximum Gasteiger partial charge on any atom is 0.227 e. The molecule has 110 valence electrons. The van der Waals surface area contributed by atoms with E-state index in [4.69, 9.17) is 5.73 Å². The van der Waals surface area contributed by atoms with Crippen molar-refractivity contribution in [1.82, 2.24) is 0 Å². The molecule has 0 fully saturated rings. The van der Waals surface area contributed by atoms with Gasteiger partial charge in [0.15, 0.2) is 0 Å². The lowest BCUT2D eigenvalue weighted by atomic mass is 10.1. The van der Waals surface area contributed by atoms with Gasteiger partial charge >= 0.3 is 0 Å². The average Bonchev–Trinajstić information content (AvgIpc) is 2.45. The first-order chi connectivity index (χ1) is 9.97. The predicted octanol–water partition coefficient (Wildman–Crippen LogP) is 3.48. The fraction of sp³-hybridized carbons (Fsp3) is 0.278. The number of aryl methyl sites for hydroxylation is 3. The summed E-state index contributed by atoms with van der Waals surface area (Å²) >= 11 is 0. The monoisotopic (exact) mass is 282 g/mol. The van der Waals surface area contributed by atoms with Crippen molar-refractivity contribution in [3.63, 3.8) is 0 Å². The van der Waals surface area contributed by atoms with Crippen LogP contribution in [0.25, 0.3) is 0 Å². The Morgan fingerprint density at radius 1 is 1.10 bits per heavy atom. The summed E-state index contributed by atoms with van der Waals surface area (Å²) in [6.45, 7) is 4.09. The van der Waals surface area contributed by atoms with Crippen LogP contribution in [0.5, 0.6) is 0 Å². The highest BCUT2D eigenvalue weighted by Crippen LogP contribution is 2.21. The molecule has 0 unspecified atom stereocenters. The average molecular weight is 282 g/mol. The SMILES string of the molecule is Cc1ccc(N(C)C(=O)CCc2ccc(N)cc2)c(C)c1. The first kappa shape index (κ1) is 15.1. The second-order valence-corrected chi connectivity index (χ2v) is 5.48. The standard InChI is InChI=1S/C18H22N2O/c1-13-4-10-17(14(2)12-13)20(3)18(21)11-7-15-5-8-16(19)9-6-15/h4-6,8-10,12H,7,11,19H2,1-3H3. The highest BCUT2D eigenvalue weighted by molar-refractivity contribution is 5.93. The molecule has 0 bridgehead atoms.